The van der Waals surface area contributed by atoms with Crippen molar-refractivity contribution >= 4 is 5.97 Å². The Balaban J connectivity index is 2.71. The van der Waals surface area contributed by atoms with E-state index in [4.69, 9.17) is 15.2 Å². The van der Waals surface area contributed by atoms with Crippen molar-refractivity contribution in [1.82, 2.24) is 0 Å². The van der Waals surface area contributed by atoms with Crippen LogP contribution in [0.4, 0.5) is 0 Å². The number of phenols is 1. The van der Waals surface area contributed by atoms with Crippen LogP contribution < -0.4 is 10.5 Å². The maximum Gasteiger partial charge on any atom is 0.323 e. The van der Waals surface area contributed by atoms with Crippen molar-refractivity contribution in [3.8, 4) is 11.5 Å². The van der Waals surface area contributed by atoms with Gasteiger partial charge < -0.3 is 20.3 Å². The molecule has 0 aliphatic carbocycles. The zero-order valence-corrected chi connectivity index (χ0v) is 9.97. The molecule has 0 amide bonds. The van der Waals surface area contributed by atoms with Gasteiger partial charge in [-0.05, 0) is 18.6 Å². The summed E-state index contributed by atoms with van der Waals surface area (Å²) in [5.74, 6) is 0.141. The van der Waals surface area contributed by atoms with Crippen molar-refractivity contribution in [1.29, 1.82) is 0 Å². The van der Waals surface area contributed by atoms with E-state index in [9.17, 15) is 9.90 Å². The molecule has 5 nitrogen and oxygen atoms in total. The van der Waals surface area contributed by atoms with Gasteiger partial charge in [0.05, 0.1) is 13.7 Å². The maximum atomic E-state index is 11.3. The summed E-state index contributed by atoms with van der Waals surface area (Å²) in [6, 6.07) is 4.09. The van der Waals surface area contributed by atoms with Gasteiger partial charge in [0, 0.05) is 12.5 Å². The molecule has 1 aromatic carbocycles. The summed E-state index contributed by atoms with van der Waals surface area (Å²) in [5.41, 5.74) is 6.25. The fourth-order valence-electron chi connectivity index (χ4n) is 1.41. The predicted octanol–water partition coefficient (Wildman–Crippen LogP) is 0.834. The molecule has 0 aromatic heterocycles. The van der Waals surface area contributed by atoms with Crippen LogP contribution in [0.1, 0.15) is 12.5 Å². The van der Waals surface area contributed by atoms with Crippen molar-refractivity contribution in [2.45, 2.75) is 19.4 Å². The summed E-state index contributed by atoms with van der Waals surface area (Å²) >= 11 is 0. The minimum atomic E-state index is -0.769. The zero-order valence-electron chi connectivity index (χ0n) is 9.97. The van der Waals surface area contributed by atoms with Crippen LogP contribution in [0.3, 0.4) is 0 Å². The number of hydrogen-bond donors (Lipinski definition) is 2. The molecule has 0 saturated carbocycles. The minimum Gasteiger partial charge on any atom is -0.508 e. The van der Waals surface area contributed by atoms with Crippen LogP contribution in [0, 0.1) is 0 Å². The molecule has 0 fully saturated rings. The van der Waals surface area contributed by atoms with Crippen LogP contribution in [0.25, 0.3) is 0 Å². The number of hydrogen-bond acceptors (Lipinski definition) is 5. The van der Waals surface area contributed by atoms with Crippen LogP contribution in [-0.2, 0) is 16.0 Å². The average molecular weight is 239 g/mol. The zero-order chi connectivity index (χ0) is 12.8. The molecule has 0 bridgehead atoms. The molecule has 0 spiro atoms. The monoisotopic (exact) mass is 239 g/mol. The van der Waals surface area contributed by atoms with Crippen LogP contribution in [0.2, 0.25) is 0 Å². The number of carbonyl (C=O) groups is 1. The highest BCUT2D eigenvalue weighted by Crippen LogP contribution is 2.24. The Kier molecular flexibility index (Phi) is 4.78. The first-order chi connectivity index (χ1) is 8.08. The SMILES string of the molecule is CCOC(=O)C(N)Cc1ccc(OC)cc1O. The second kappa shape index (κ2) is 6.10. The number of carbonyl (C=O) groups excluding carboxylic acids is 1. The van der Waals surface area contributed by atoms with E-state index < -0.39 is 12.0 Å². The van der Waals surface area contributed by atoms with Gasteiger partial charge in [0.1, 0.15) is 17.5 Å². The number of rotatable bonds is 5. The Morgan fingerprint density at radius 3 is 2.76 bits per heavy atom. The van der Waals surface area contributed by atoms with Gasteiger partial charge in [-0.3, -0.25) is 4.79 Å². The van der Waals surface area contributed by atoms with Crippen molar-refractivity contribution in [2.24, 2.45) is 5.73 Å². The van der Waals surface area contributed by atoms with Crippen LogP contribution in [-0.4, -0.2) is 30.8 Å². The highest BCUT2D eigenvalue weighted by Gasteiger charge is 2.17. The molecule has 1 aromatic rings. The Hall–Kier alpha value is -1.75. The lowest BCUT2D eigenvalue weighted by atomic mass is 10.1. The Bertz CT molecular complexity index is 392. The quantitative estimate of drug-likeness (QED) is 0.744. The first-order valence-corrected chi connectivity index (χ1v) is 5.36. The van der Waals surface area contributed by atoms with Crippen LogP contribution in [0.15, 0.2) is 18.2 Å². The fourth-order valence-corrected chi connectivity index (χ4v) is 1.41. The highest BCUT2D eigenvalue weighted by atomic mass is 16.5. The number of methoxy groups -OCH3 is 1. The molecule has 1 unspecified atom stereocenters. The van der Waals surface area contributed by atoms with Gasteiger partial charge in [-0.15, -0.1) is 0 Å². The molecular formula is C12H17NO4. The summed E-state index contributed by atoms with van der Waals surface area (Å²) in [6.45, 7) is 2.01. The van der Waals surface area contributed by atoms with Crippen LogP contribution in [0.5, 0.6) is 11.5 Å². The standard InChI is InChI=1S/C12H17NO4/c1-3-17-12(15)10(13)6-8-4-5-9(16-2)7-11(8)14/h4-5,7,10,14H,3,6,13H2,1-2H3. The Morgan fingerprint density at radius 1 is 1.53 bits per heavy atom. The van der Waals surface area contributed by atoms with E-state index in [1.807, 2.05) is 0 Å². The van der Waals surface area contributed by atoms with Gasteiger partial charge in [0.15, 0.2) is 0 Å². The number of aromatic hydroxyl groups is 1. The summed E-state index contributed by atoms with van der Waals surface area (Å²) in [7, 11) is 1.51. The van der Waals surface area contributed by atoms with Crippen molar-refractivity contribution in [3.05, 3.63) is 23.8 Å². The summed E-state index contributed by atoms with van der Waals surface area (Å²) in [4.78, 5) is 11.3. The number of benzene rings is 1. The molecule has 5 heteroatoms. The molecule has 1 atom stereocenters. The Labute approximate surface area is 100 Å². The van der Waals surface area contributed by atoms with E-state index in [0.717, 1.165) is 0 Å². The molecule has 0 heterocycles. The highest BCUT2D eigenvalue weighted by molar-refractivity contribution is 5.76. The summed E-state index contributed by atoms with van der Waals surface area (Å²) in [6.07, 6.45) is 0.231. The molecule has 1 rings (SSSR count). The summed E-state index contributed by atoms with van der Waals surface area (Å²) < 4.78 is 9.75. The number of esters is 1. The first kappa shape index (κ1) is 13.3. The van der Waals surface area contributed by atoms with Gasteiger partial charge in [0.2, 0.25) is 0 Å². The normalized spacial score (nSPS) is 11.9. The van der Waals surface area contributed by atoms with Crippen LogP contribution >= 0.6 is 0 Å². The second-order valence-corrected chi connectivity index (χ2v) is 3.56. The van der Waals surface area contributed by atoms with Gasteiger partial charge in [-0.2, -0.15) is 0 Å². The van der Waals surface area contributed by atoms with E-state index >= 15 is 0 Å². The van der Waals surface area contributed by atoms with Crippen molar-refractivity contribution in [3.63, 3.8) is 0 Å². The van der Waals surface area contributed by atoms with E-state index in [0.29, 0.717) is 17.9 Å². The smallest absolute Gasteiger partial charge is 0.323 e. The third kappa shape index (κ3) is 3.64. The van der Waals surface area contributed by atoms with Gasteiger partial charge in [-0.25, -0.2) is 0 Å². The van der Waals surface area contributed by atoms with E-state index in [-0.39, 0.29) is 12.2 Å². The molecule has 94 valence electrons. The molecule has 17 heavy (non-hydrogen) atoms. The second-order valence-electron chi connectivity index (χ2n) is 3.56. The molecule has 0 saturated heterocycles. The topological polar surface area (TPSA) is 81.8 Å². The lowest BCUT2D eigenvalue weighted by Gasteiger charge is -2.12. The largest absolute Gasteiger partial charge is 0.508 e. The molecule has 0 aliphatic heterocycles. The Morgan fingerprint density at radius 2 is 2.24 bits per heavy atom. The lowest BCUT2D eigenvalue weighted by Crippen LogP contribution is -2.34. The number of nitrogens with two attached hydrogens (primary N) is 1. The molecular weight excluding hydrogens is 222 g/mol. The summed E-state index contributed by atoms with van der Waals surface area (Å²) in [5, 5.41) is 9.70. The van der Waals surface area contributed by atoms with E-state index in [2.05, 4.69) is 0 Å². The minimum absolute atomic E-state index is 0.0594. The average Bonchev–Trinajstić information content (AvgIpc) is 2.31. The first-order valence-electron chi connectivity index (χ1n) is 5.36. The predicted molar refractivity (Wildman–Crippen MR) is 63.0 cm³/mol. The lowest BCUT2D eigenvalue weighted by molar-refractivity contribution is -0.144. The van der Waals surface area contributed by atoms with Crippen molar-refractivity contribution in [2.75, 3.05) is 13.7 Å². The third-order valence-electron chi connectivity index (χ3n) is 2.32. The number of phenolic OH excluding ortho intramolecular Hbond substituents is 1. The molecule has 0 radical (unpaired) electrons. The fraction of sp³-hybridized carbons (Fsp3) is 0.417. The van der Waals surface area contributed by atoms with E-state index in [1.165, 1.54) is 13.2 Å². The molecule has 3 N–H and O–H groups in total. The maximum absolute atomic E-state index is 11.3. The molecule has 0 aliphatic rings. The third-order valence-corrected chi connectivity index (χ3v) is 2.32. The van der Waals surface area contributed by atoms with Crippen molar-refractivity contribution < 1.29 is 19.4 Å². The van der Waals surface area contributed by atoms with Gasteiger partial charge in [0.25, 0.3) is 0 Å². The number of ether oxygens (including phenoxy) is 2. The van der Waals surface area contributed by atoms with Gasteiger partial charge in [-0.1, -0.05) is 6.07 Å². The van der Waals surface area contributed by atoms with Gasteiger partial charge >= 0.3 is 5.97 Å². The van der Waals surface area contributed by atoms with E-state index in [1.54, 1.807) is 19.1 Å².